The van der Waals surface area contributed by atoms with E-state index in [0.717, 1.165) is 16.6 Å². The van der Waals surface area contributed by atoms with Crippen molar-refractivity contribution in [3.05, 3.63) is 45.7 Å². The van der Waals surface area contributed by atoms with Crippen molar-refractivity contribution in [2.45, 2.75) is 20.4 Å². The number of hydrogen-bond donors (Lipinski definition) is 2. The molecule has 25 heavy (non-hydrogen) atoms. The average Bonchev–Trinajstić information content (AvgIpc) is 2.93. The summed E-state index contributed by atoms with van der Waals surface area (Å²) in [5.74, 6) is -0.640. The number of amides is 1. The molecule has 0 bridgehead atoms. The molecule has 2 heterocycles. The first-order valence-electron chi connectivity index (χ1n) is 7.54. The van der Waals surface area contributed by atoms with Gasteiger partial charge in [-0.25, -0.2) is 4.39 Å². The zero-order valence-corrected chi connectivity index (χ0v) is 14.8. The lowest BCUT2D eigenvalue weighted by Gasteiger charge is -2.07. The second-order valence-corrected chi connectivity index (χ2v) is 6.59. The van der Waals surface area contributed by atoms with E-state index < -0.39 is 5.82 Å². The first kappa shape index (κ1) is 17.1. The van der Waals surface area contributed by atoms with Crippen LogP contribution in [-0.4, -0.2) is 23.2 Å². The molecule has 0 fully saturated rings. The van der Waals surface area contributed by atoms with Crippen molar-refractivity contribution in [3.8, 4) is 5.75 Å². The number of thiophene rings is 1. The average molecular weight is 360 g/mol. The van der Waals surface area contributed by atoms with Crippen LogP contribution in [0.3, 0.4) is 0 Å². The number of rotatable bonds is 4. The first-order valence-corrected chi connectivity index (χ1v) is 8.36. The van der Waals surface area contributed by atoms with Crippen LogP contribution in [0.15, 0.2) is 18.2 Å². The van der Waals surface area contributed by atoms with Gasteiger partial charge >= 0.3 is 0 Å². The van der Waals surface area contributed by atoms with E-state index in [4.69, 9.17) is 10.5 Å². The fourth-order valence-corrected chi connectivity index (χ4v) is 3.51. The number of anilines is 1. The minimum Gasteiger partial charge on any atom is -0.494 e. The molecule has 3 rings (SSSR count). The van der Waals surface area contributed by atoms with Gasteiger partial charge in [0.1, 0.15) is 9.71 Å². The molecule has 0 saturated carbocycles. The number of hydrogen-bond acceptors (Lipinski definition) is 6. The minimum atomic E-state index is -0.475. The standard InChI is InChI=1S/C17H17FN4O2S/c1-8-9(2)21-22-17-13(8)14(19)15(25-17)16(23)20-7-10-4-5-12(24-3)11(18)6-10/h4-6H,7,19H2,1-3H3,(H,20,23). The van der Waals surface area contributed by atoms with Gasteiger partial charge in [-0.3, -0.25) is 4.79 Å². The molecule has 0 spiro atoms. The Hall–Kier alpha value is -2.74. The van der Waals surface area contributed by atoms with Crippen molar-refractivity contribution in [2.24, 2.45) is 0 Å². The van der Waals surface area contributed by atoms with E-state index in [-0.39, 0.29) is 18.2 Å². The Morgan fingerprint density at radius 1 is 1.36 bits per heavy atom. The molecule has 2 aromatic heterocycles. The lowest BCUT2D eigenvalue weighted by atomic mass is 10.1. The summed E-state index contributed by atoms with van der Waals surface area (Å²) in [6.07, 6.45) is 0. The number of nitrogens with two attached hydrogens (primary N) is 1. The van der Waals surface area contributed by atoms with E-state index in [1.54, 1.807) is 6.07 Å². The highest BCUT2D eigenvalue weighted by atomic mass is 32.1. The molecular formula is C17H17FN4O2S. The van der Waals surface area contributed by atoms with Gasteiger partial charge in [-0.05, 0) is 37.1 Å². The number of nitrogens with one attached hydrogen (secondary N) is 1. The molecule has 0 saturated heterocycles. The SMILES string of the molecule is COc1ccc(CNC(=O)c2sc3nnc(C)c(C)c3c2N)cc1F. The van der Waals surface area contributed by atoms with Crippen LogP contribution in [0.1, 0.15) is 26.5 Å². The van der Waals surface area contributed by atoms with Crippen molar-refractivity contribution < 1.29 is 13.9 Å². The number of aromatic nitrogens is 2. The van der Waals surface area contributed by atoms with Crippen LogP contribution in [0.5, 0.6) is 5.75 Å². The van der Waals surface area contributed by atoms with E-state index >= 15 is 0 Å². The summed E-state index contributed by atoms with van der Waals surface area (Å²) >= 11 is 1.19. The number of carbonyl (C=O) groups excluding carboxylic acids is 1. The smallest absolute Gasteiger partial charge is 0.263 e. The molecular weight excluding hydrogens is 343 g/mol. The molecule has 6 nitrogen and oxygen atoms in total. The Labute approximate surface area is 147 Å². The third-order valence-electron chi connectivity index (χ3n) is 4.01. The van der Waals surface area contributed by atoms with E-state index in [1.165, 1.54) is 30.6 Å². The Morgan fingerprint density at radius 3 is 2.80 bits per heavy atom. The summed E-state index contributed by atoms with van der Waals surface area (Å²) in [5, 5.41) is 11.7. The maximum atomic E-state index is 13.7. The number of benzene rings is 1. The third kappa shape index (κ3) is 3.12. The Bertz CT molecular complexity index is 971. The van der Waals surface area contributed by atoms with Gasteiger partial charge in [0, 0.05) is 11.9 Å². The molecule has 3 N–H and O–H groups in total. The lowest BCUT2D eigenvalue weighted by Crippen LogP contribution is -2.22. The second kappa shape index (κ2) is 6.64. The number of carbonyl (C=O) groups is 1. The summed E-state index contributed by atoms with van der Waals surface area (Å²) in [5.41, 5.74) is 8.85. The van der Waals surface area contributed by atoms with Crippen LogP contribution in [-0.2, 0) is 6.54 Å². The number of methoxy groups -OCH3 is 1. The number of fused-ring (bicyclic) bond motifs is 1. The van der Waals surface area contributed by atoms with Gasteiger partial charge in [0.2, 0.25) is 0 Å². The van der Waals surface area contributed by atoms with Crippen molar-refractivity contribution in [3.63, 3.8) is 0 Å². The Kier molecular flexibility index (Phi) is 4.54. The topological polar surface area (TPSA) is 90.1 Å². The van der Waals surface area contributed by atoms with Crippen molar-refractivity contribution in [1.29, 1.82) is 0 Å². The first-order chi connectivity index (χ1) is 11.9. The summed E-state index contributed by atoms with van der Waals surface area (Å²) in [6.45, 7) is 3.92. The molecule has 3 aromatic rings. The minimum absolute atomic E-state index is 0.160. The van der Waals surface area contributed by atoms with E-state index in [0.29, 0.717) is 21.0 Å². The van der Waals surface area contributed by atoms with Gasteiger partial charge in [0.05, 0.1) is 18.5 Å². The van der Waals surface area contributed by atoms with Crippen molar-refractivity contribution >= 4 is 33.1 Å². The number of aryl methyl sites for hydroxylation is 2. The molecule has 0 atom stereocenters. The van der Waals surface area contributed by atoms with Crippen molar-refractivity contribution in [1.82, 2.24) is 15.5 Å². The molecule has 1 aromatic carbocycles. The fourth-order valence-electron chi connectivity index (χ4n) is 2.49. The van der Waals surface area contributed by atoms with Gasteiger partial charge < -0.3 is 15.8 Å². The highest BCUT2D eigenvalue weighted by molar-refractivity contribution is 7.21. The summed E-state index contributed by atoms with van der Waals surface area (Å²) in [4.78, 5) is 13.5. The largest absolute Gasteiger partial charge is 0.494 e. The van der Waals surface area contributed by atoms with Gasteiger partial charge in [0.15, 0.2) is 11.6 Å². The predicted molar refractivity (Wildman–Crippen MR) is 95.4 cm³/mol. The molecule has 0 aliphatic heterocycles. The normalized spacial score (nSPS) is 10.9. The third-order valence-corrected chi connectivity index (χ3v) is 5.10. The van der Waals surface area contributed by atoms with Crippen LogP contribution in [0.25, 0.3) is 10.2 Å². The quantitative estimate of drug-likeness (QED) is 0.746. The van der Waals surface area contributed by atoms with E-state index in [9.17, 15) is 9.18 Å². The number of nitrogens with zero attached hydrogens (tertiary/aromatic N) is 2. The highest BCUT2D eigenvalue weighted by Gasteiger charge is 2.19. The van der Waals surface area contributed by atoms with E-state index in [2.05, 4.69) is 15.5 Å². The molecule has 8 heteroatoms. The van der Waals surface area contributed by atoms with Crippen LogP contribution in [0.2, 0.25) is 0 Å². The zero-order chi connectivity index (χ0) is 18.1. The van der Waals surface area contributed by atoms with Crippen LogP contribution >= 0.6 is 11.3 Å². The Balaban J connectivity index is 1.82. The Morgan fingerprint density at radius 2 is 2.12 bits per heavy atom. The molecule has 0 aliphatic rings. The number of ether oxygens (including phenoxy) is 1. The maximum Gasteiger partial charge on any atom is 0.263 e. The zero-order valence-electron chi connectivity index (χ0n) is 14.0. The molecule has 0 radical (unpaired) electrons. The lowest BCUT2D eigenvalue weighted by molar-refractivity contribution is 0.0956. The summed E-state index contributed by atoms with van der Waals surface area (Å²) in [7, 11) is 1.40. The van der Waals surface area contributed by atoms with Gasteiger partial charge in [-0.1, -0.05) is 6.07 Å². The monoisotopic (exact) mass is 360 g/mol. The fraction of sp³-hybridized carbons (Fsp3) is 0.235. The van der Waals surface area contributed by atoms with Crippen molar-refractivity contribution in [2.75, 3.05) is 12.8 Å². The van der Waals surface area contributed by atoms with Crippen LogP contribution in [0.4, 0.5) is 10.1 Å². The summed E-state index contributed by atoms with van der Waals surface area (Å²) < 4.78 is 18.6. The number of nitrogen functional groups attached to an aromatic ring is 1. The second-order valence-electron chi connectivity index (χ2n) is 5.59. The highest BCUT2D eigenvalue weighted by Crippen LogP contribution is 2.34. The van der Waals surface area contributed by atoms with Gasteiger partial charge in [0.25, 0.3) is 5.91 Å². The van der Waals surface area contributed by atoms with Gasteiger partial charge in [-0.15, -0.1) is 16.4 Å². The predicted octanol–water partition coefficient (Wildman–Crippen LogP) is 2.97. The van der Waals surface area contributed by atoms with Crippen LogP contribution < -0.4 is 15.8 Å². The molecule has 0 unspecified atom stereocenters. The molecule has 1 amide bonds. The number of halogens is 1. The van der Waals surface area contributed by atoms with E-state index in [1.807, 2.05) is 13.8 Å². The van der Waals surface area contributed by atoms with Gasteiger partial charge in [-0.2, -0.15) is 5.10 Å². The molecule has 130 valence electrons. The summed E-state index contributed by atoms with van der Waals surface area (Å²) in [6, 6.07) is 4.54. The maximum absolute atomic E-state index is 13.7. The molecule has 0 aliphatic carbocycles. The van der Waals surface area contributed by atoms with Crippen LogP contribution in [0, 0.1) is 19.7 Å².